The van der Waals surface area contributed by atoms with E-state index < -0.39 is 0 Å². The fourth-order valence-corrected chi connectivity index (χ4v) is 4.87. The Labute approximate surface area is 152 Å². The van der Waals surface area contributed by atoms with Crippen LogP contribution in [0.3, 0.4) is 0 Å². The maximum Gasteiger partial charge on any atom is 0.306 e. The topological polar surface area (TPSA) is 63.6 Å². The Kier molecular flexibility index (Phi) is 7.07. The third-order valence-electron chi connectivity index (χ3n) is 7.19. The molecule has 2 bridgehead atoms. The summed E-state index contributed by atoms with van der Waals surface area (Å²) in [7, 11) is 0. The summed E-state index contributed by atoms with van der Waals surface area (Å²) in [5.74, 6) is 0.776. The monoisotopic (exact) mass is 352 g/mol. The van der Waals surface area contributed by atoms with Gasteiger partial charge in [0.25, 0.3) is 0 Å². The largest absolute Gasteiger partial charge is 0.462 e. The van der Waals surface area contributed by atoms with Crippen LogP contribution in [-0.4, -0.2) is 29.6 Å². The predicted molar refractivity (Wildman–Crippen MR) is 98.1 cm³/mol. The van der Waals surface area contributed by atoms with Crippen LogP contribution >= 0.6 is 0 Å². The van der Waals surface area contributed by atoms with E-state index in [-0.39, 0.29) is 35.3 Å². The normalized spacial score (nSPS) is 29.8. The molecule has 0 saturated heterocycles. The summed E-state index contributed by atoms with van der Waals surface area (Å²) in [6.07, 6.45) is 9.16. The number of rotatable bonds is 11. The average molecular weight is 353 g/mol. The van der Waals surface area contributed by atoms with Crippen molar-refractivity contribution in [1.82, 2.24) is 0 Å². The van der Waals surface area contributed by atoms with Gasteiger partial charge < -0.3 is 9.84 Å². The van der Waals surface area contributed by atoms with Crippen molar-refractivity contribution in [3.05, 3.63) is 0 Å². The molecule has 0 spiro atoms. The van der Waals surface area contributed by atoms with E-state index in [2.05, 4.69) is 20.8 Å². The lowest BCUT2D eigenvalue weighted by Crippen LogP contribution is -2.38. The van der Waals surface area contributed by atoms with Crippen molar-refractivity contribution in [1.29, 1.82) is 0 Å². The zero-order valence-corrected chi connectivity index (χ0v) is 16.3. The van der Waals surface area contributed by atoms with E-state index in [0.29, 0.717) is 31.6 Å². The fraction of sp³-hybridized carbons (Fsp3) is 0.905. The van der Waals surface area contributed by atoms with Crippen LogP contribution in [0, 0.1) is 16.7 Å². The van der Waals surface area contributed by atoms with Gasteiger partial charge in [0.05, 0.1) is 0 Å². The molecule has 0 heterocycles. The molecule has 2 aliphatic rings. The van der Waals surface area contributed by atoms with E-state index in [1.165, 1.54) is 6.42 Å². The SMILES string of the molecule is CC1(C)C2CC[C@]1(C)[C@H](OC(=O)CCCC(=O)CCCCCCO)C2. The number of unbranched alkanes of at least 4 members (excludes halogenated alkanes) is 3. The Morgan fingerprint density at radius 3 is 2.28 bits per heavy atom. The summed E-state index contributed by atoms with van der Waals surface area (Å²) >= 11 is 0. The second kappa shape index (κ2) is 8.66. The Hall–Kier alpha value is -0.900. The molecule has 0 aromatic heterocycles. The summed E-state index contributed by atoms with van der Waals surface area (Å²) in [6.45, 7) is 7.14. The Bertz CT molecular complexity index is 471. The van der Waals surface area contributed by atoms with Gasteiger partial charge in [-0.05, 0) is 49.9 Å². The van der Waals surface area contributed by atoms with Crippen LogP contribution in [0.1, 0.15) is 91.4 Å². The predicted octanol–water partition coefficient (Wildman–Crippen LogP) is 4.43. The lowest BCUT2D eigenvalue weighted by molar-refractivity contribution is -0.157. The van der Waals surface area contributed by atoms with Crippen LogP contribution in [0.15, 0.2) is 0 Å². The third kappa shape index (κ3) is 4.64. The summed E-state index contributed by atoms with van der Waals surface area (Å²) in [6, 6.07) is 0. The molecule has 2 saturated carbocycles. The number of Topliss-reactive ketones (excluding diaryl/α,β-unsaturated/α-hetero) is 1. The number of fused-ring (bicyclic) bond motifs is 2. The van der Waals surface area contributed by atoms with Crippen LogP contribution in [0.25, 0.3) is 0 Å². The molecule has 144 valence electrons. The van der Waals surface area contributed by atoms with Gasteiger partial charge in [-0.2, -0.15) is 0 Å². The van der Waals surface area contributed by atoms with Gasteiger partial charge in [0, 0.05) is 31.3 Å². The second-order valence-corrected chi connectivity index (χ2v) is 8.87. The van der Waals surface area contributed by atoms with E-state index in [9.17, 15) is 9.59 Å². The molecule has 0 aromatic carbocycles. The van der Waals surface area contributed by atoms with Gasteiger partial charge in [-0.25, -0.2) is 0 Å². The van der Waals surface area contributed by atoms with E-state index in [4.69, 9.17) is 9.84 Å². The first-order valence-corrected chi connectivity index (χ1v) is 10.1. The lowest BCUT2D eigenvalue weighted by Gasteiger charge is -2.38. The van der Waals surface area contributed by atoms with Crippen LogP contribution in [-0.2, 0) is 14.3 Å². The number of hydrogen-bond acceptors (Lipinski definition) is 4. The maximum atomic E-state index is 12.2. The number of aliphatic hydroxyl groups excluding tert-OH is 1. The van der Waals surface area contributed by atoms with Gasteiger partial charge >= 0.3 is 5.97 Å². The van der Waals surface area contributed by atoms with Crippen LogP contribution in [0.5, 0.6) is 0 Å². The lowest BCUT2D eigenvalue weighted by atomic mass is 9.70. The fourth-order valence-electron chi connectivity index (χ4n) is 4.87. The van der Waals surface area contributed by atoms with Gasteiger partial charge in [-0.1, -0.05) is 33.6 Å². The molecule has 2 aliphatic carbocycles. The Morgan fingerprint density at radius 2 is 1.68 bits per heavy atom. The van der Waals surface area contributed by atoms with Crippen molar-refractivity contribution in [3.8, 4) is 0 Å². The molecule has 1 N–H and O–H groups in total. The summed E-state index contributed by atoms with van der Waals surface area (Å²) < 4.78 is 5.82. The molecule has 0 aromatic rings. The van der Waals surface area contributed by atoms with E-state index in [1.807, 2.05) is 0 Å². The smallest absolute Gasteiger partial charge is 0.306 e. The second-order valence-electron chi connectivity index (χ2n) is 8.87. The number of carbonyl (C=O) groups excluding carboxylic acids is 2. The van der Waals surface area contributed by atoms with Gasteiger partial charge in [0.1, 0.15) is 11.9 Å². The molecule has 0 radical (unpaired) electrons. The molecular formula is C21H36O4. The molecule has 2 rings (SSSR count). The first-order valence-electron chi connectivity index (χ1n) is 10.1. The standard InChI is InChI=1S/C21H36O4/c1-20(2)16-12-13-21(20,3)18(15-16)25-19(24)11-8-10-17(23)9-6-4-5-7-14-22/h16,18,22H,4-15H2,1-3H3/t16?,18-,21-/m1/s1. The molecular weight excluding hydrogens is 316 g/mol. The maximum absolute atomic E-state index is 12.2. The molecule has 1 unspecified atom stereocenters. The van der Waals surface area contributed by atoms with Gasteiger partial charge in [0.15, 0.2) is 0 Å². The number of hydrogen-bond donors (Lipinski definition) is 1. The van der Waals surface area contributed by atoms with Crippen LogP contribution in [0.4, 0.5) is 0 Å². The number of aliphatic hydroxyl groups is 1. The van der Waals surface area contributed by atoms with Crippen LogP contribution < -0.4 is 0 Å². The minimum Gasteiger partial charge on any atom is -0.462 e. The van der Waals surface area contributed by atoms with Crippen molar-refractivity contribution in [2.45, 2.75) is 97.5 Å². The first kappa shape index (κ1) is 20.4. The highest BCUT2D eigenvalue weighted by Crippen LogP contribution is 2.66. The van der Waals surface area contributed by atoms with Gasteiger partial charge in [0.2, 0.25) is 0 Å². The van der Waals surface area contributed by atoms with Gasteiger partial charge in [-0.15, -0.1) is 0 Å². The summed E-state index contributed by atoms with van der Waals surface area (Å²) in [4.78, 5) is 24.0. The van der Waals surface area contributed by atoms with E-state index in [1.54, 1.807) is 0 Å². The van der Waals surface area contributed by atoms with Crippen molar-refractivity contribution in [2.24, 2.45) is 16.7 Å². The van der Waals surface area contributed by atoms with Crippen molar-refractivity contribution in [2.75, 3.05) is 6.61 Å². The number of esters is 1. The molecule has 4 nitrogen and oxygen atoms in total. The third-order valence-corrected chi connectivity index (χ3v) is 7.19. The highest BCUT2D eigenvalue weighted by molar-refractivity contribution is 5.79. The molecule has 2 fully saturated rings. The molecule has 4 heteroatoms. The van der Waals surface area contributed by atoms with Gasteiger partial charge in [-0.3, -0.25) is 9.59 Å². The first-order chi connectivity index (χ1) is 11.8. The number of ketones is 1. The minimum atomic E-state index is -0.134. The molecule has 3 atom stereocenters. The number of ether oxygens (including phenoxy) is 1. The Balaban J connectivity index is 1.61. The quantitative estimate of drug-likeness (QED) is 0.441. The number of carbonyl (C=O) groups is 2. The van der Waals surface area contributed by atoms with E-state index >= 15 is 0 Å². The zero-order valence-electron chi connectivity index (χ0n) is 16.3. The average Bonchev–Trinajstić information content (AvgIpc) is 2.88. The molecule has 0 aliphatic heterocycles. The van der Waals surface area contributed by atoms with Crippen molar-refractivity contribution in [3.63, 3.8) is 0 Å². The van der Waals surface area contributed by atoms with E-state index in [0.717, 1.165) is 38.5 Å². The summed E-state index contributed by atoms with van der Waals surface area (Å²) in [5, 5.41) is 8.71. The molecule has 25 heavy (non-hydrogen) atoms. The molecule has 0 amide bonds. The van der Waals surface area contributed by atoms with Crippen molar-refractivity contribution < 1.29 is 19.4 Å². The highest BCUT2D eigenvalue weighted by Gasteiger charge is 2.62. The zero-order chi connectivity index (χ0) is 18.5. The summed E-state index contributed by atoms with van der Waals surface area (Å²) in [5.41, 5.74) is 0.363. The van der Waals surface area contributed by atoms with Crippen molar-refractivity contribution >= 4 is 11.8 Å². The minimum absolute atomic E-state index is 0.0518. The van der Waals surface area contributed by atoms with Crippen LogP contribution in [0.2, 0.25) is 0 Å². The highest BCUT2D eigenvalue weighted by atomic mass is 16.5. The Morgan fingerprint density at radius 1 is 1.00 bits per heavy atom.